The van der Waals surface area contributed by atoms with Crippen LogP contribution in [0.3, 0.4) is 0 Å². The van der Waals surface area contributed by atoms with Crippen molar-refractivity contribution in [3.8, 4) is 22.9 Å². The number of aryl methyl sites for hydroxylation is 1. The Morgan fingerprint density at radius 2 is 1.70 bits per heavy atom. The number of amides is 2. The van der Waals surface area contributed by atoms with E-state index in [0.717, 1.165) is 22.9 Å². The molecule has 2 heterocycles. The van der Waals surface area contributed by atoms with E-state index in [4.69, 9.17) is 4.74 Å². The van der Waals surface area contributed by atoms with Gasteiger partial charge >= 0.3 is 6.36 Å². The number of halogens is 3. The highest BCUT2D eigenvalue weighted by molar-refractivity contribution is 6.03. The summed E-state index contributed by atoms with van der Waals surface area (Å²) in [6.07, 6.45) is -3.47. The van der Waals surface area contributed by atoms with Crippen molar-refractivity contribution < 1.29 is 32.2 Å². The van der Waals surface area contributed by atoms with Gasteiger partial charge in [0.05, 0.1) is 5.69 Å². The number of anilines is 1. The molecule has 0 saturated carbocycles. The van der Waals surface area contributed by atoms with E-state index in [1.54, 1.807) is 37.3 Å². The molecule has 0 atom stereocenters. The van der Waals surface area contributed by atoms with Gasteiger partial charge in [0.25, 0.3) is 17.4 Å². The van der Waals surface area contributed by atoms with E-state index in [-0.39, 0.29) is 28.5 Å². The highest BCUT2D eigenvalue weighted by Crippen LogP contribution is 2.25. The van der Waals surface area contributed by atoms with Gasteiger partial charge in [0.2, 0.25) is 0 Å². The first kappa shape index (κ1) is 27.8. The number of nitrogens with zero attached hydrogens (tertiary/aromatic N) is 3. The fourth-order valence-electron chi connectivity index (χ4n) is 3.55. The highest BCUT2D eigenvalue weighted by Gasteiger charge is 2.31. The molecule has 0 saturated heterocycles. The highest BCUT2D eigenvalue weighted by atomic mass is 19.4. The van der Waals surface area contributed by atoms with E-state index in [1.165, 1.54) is 31.3 Å². The molecule has 2 aromatic heterocycles. The smallest absolute Gasteiger partial charge is 0.457 e. The Balaban J connectivity index is 1.50. The van der Waals surface area contributed by atoms with Crippen molar-refractivity contribution in [2.75, 3.05) is 11.9 Å². The zero-order valence-corrected chi connectivity index (χ0v) is 21.2. The van der Waals surface area contributed by atoms with Crippen LogP contribution < -0.4 is 25.7 Å². The molecule has 0 unspecified atom stereocenters. The number of carbonyl (C=O) groups is 2. The molecular weight excluding hydrogens is 531 g/mol. The maximum Gasteiger partial charge on any atom is 0.573 e. The molecular formula is C27H22F3N5O5. The SMILES string of the molecule is CCNC(=O)c1cc(Oc2ccc(NC(=O)c3nn(-c4cccc(OC(F)(F)F)c4)c(=O)cc3C)cc2)ccn1. The fourth-order valence-corrected chi connectivity index (χ4v) is 3.55. The Bertz CT molecular complexity index is 1600. The minimum Gasteiger partial charge on any atom is -0.457 e. The van der Waals surface area contributed by atoms with Crippen LogP contribution in [0.4, 0.5) is 18.9 Å². The number of rotatable bonds is 8. The number of aromatic nitrogens is 3. The molecule has 4 rings (SSSR count). The number of benzene rings is 2. The van der Waals surface area contributed by atoms with E-state index in [2.05, 4.69) is 25.5 Å². The van der Waals surface area contributed by atoms with E-state index in [0.29, 0.717) is 23.7 Å². The summed E-state index contributed by atoms with van der Waals surface area (Å²) in [5.41, 5.74) is 0.0697. The molecule has 0 spiro atoms. The lowest BCUT2D eigenvalue weighted by Crippen LogP contribution is -2.26. The van der Waals surface area contributed by atoms with Crippen molar-refractivity contribution in [2.45, 2.75) is 20.2 Å². The van der Waals surface area contributed by atoms with Crippen molar-refractivity contribution in [1.82, 2.24) is 20.1 Å². The molecule has 0 fully saturated rings. The predicted octanol–water partition coefficient (Wildman–Crippen LogP) is 4.63. The molecule has 10 nitrogen and oxygen atoms in total. The van der Waals surface area contributed by atoms with Gasteiger partial charge < -0.3 is 20.1 Å². The molecule has 0 aliphatic rings. The second-order valence-electron chi connectivity index (χ2n) is 8.29. The first-order valence-corrected chi connectivity index (χ1v) is 11.8. The van der Waals surface area contributed by atoms with E-state index in [9.17, 15) is 27.6 Å². The zero-order chi connectivity index (χ0) is 28.9. The largest absolute Gasteiger partial charge is 0.573 e. The molecule has 0 aliphatic heterocycles. The lowest BCUT2D eigenvalue weighted by atomic mass is 10.2. The summed E-state index contributed by atoms with van der Waals surface area (Å²) in [6.45, 7) is 3.76. The van der Waals surface area contributed by atoms with Crippen LogP contribution in [0.25, 0.3) is 5.69 Å². The first-order chi connectivity index (χ1) is 19.0. The Labute approximate surface area is 225 Å². The van der Waals surface area contributed by atoms with Crippen LogP contribution >= 0.6 is 0 Å². The molecule has 206 valence electrons. The molecule has 40 heavy (non-hydrogen) atoms. The van der Waals surface area contributed by atoms with Gasteiger partial charge in [-0.1, -0.05) is 6.07 Å². The van der Waals surface area contributed by atoms with Crippen LogP contribution in [0.5, 0.6) is 17.2 Å². The molecule has 13 heteroatoms. The second kappa shape index (κ2) is 11.7. The van der Waals surface area contributed by atoms with Crippen LogP contribution in [-0.4, -0.2) is 39.5 Å². The van der Waals surface area contributed by atoms with Gasteiger partial charge in [-0.15, -0.1) is 13.2 Å². The lowest BCUT2D eigenvalue weighted by molar-refractivity contribution is -0.274. The summed E-state index contributed by atoms with van der Waals surface area (Å²) in [4.78, 5) is 41.5. The standard InChI is InChI=1S/C27H22F3N5O5/c1-3-31-25(37)22-15-20(11-12-32-22)39-19-9-7-17(8-10-19)33-26(38)24-16(2)13-23(36)35(34-24)18-5-4-6-21(14-18)40-27(28,29)30/h4-15H,3H2,1-2H3,(H,31,37)(H,33,38). The molecule has 0 aliphatic carbocycles. The molecule has 2 amide bonds. The Kier molecular flexibility index (Phi) is 8.12. The van der Waals surface area contributed by atoms with Crippen molar-refractivity contribution in [2.24, 2.45) is 0 Å². The number of carbonyl (C=O) groups excluding carboxylic acids is 2. The molecule has 2 aromatic carbocycles. The Morgan fingerprint density at radius 1 is 0.950 bits per heavy atom. The number of nitrogens with one attached hydrogen (secondary N) is 2. The van der Waals surface area contributed by atoms with Gasteiger partial charge in [-0.25, -0.2) is 0 Å². The van der Waals surface area contributed by atoms with Crippen LogP contribution in [0, 0.1) is 6.92 Å². The van der Waals surface area contributed by atoms with Gasteiger partial charge in [-0.2, -0.15) is 9.78 Å². The average molecular weight is 553 g/mol. The number of ether oxygens (including phenoxy) is 2. The average Bonchev–Trinajstić information content (AvgIpc) is 2.89. The summed E-state index contributed by atoms with van der Waals surface area (Å²) in [6, 6.07) is 15.3. The topological polar surface area (TPSA) is 124 Å². The third kappa shape index (κ3) is 7.01. The second-order valence-corrected chi connectivity index (χ2v) is 8.29. The van der Waals surface area contributed by atoms with Gasteiger partial charge in [0.1, 0.15) is 22.9 Å². The molecule has 2 N–H and O–H groups in total. The molecule has 4 aromatic rings. The summed E-state index contributed by atoms with van der Waals surface area (Å²) < 4.78 is 48.3. The third-order valence-electron chi connectivity index (χ3n) is 5.28. The fraction of sp³-hybridized carbons (Fsp3) is 0.148. The number of pyridine rings is 1. The summed E-state index contributed by atoms with van der Waals surface area (Å²) >= 11 is 0. The van der Waals surface area contributed by atoms with Gasteiger partial charge in [-0.05, 0) is 61.9 Å². The van der Waals surface area contributed by atoms with Crippen LogP contribution in [0.15, 0.2) is 77.7 Å². The van der Waals surface area contributed by atoms with Crippen molar-refractivity contribution in [3.63, 3.8) is 0 Å². The number of alkyl halides is 3. The van der Waals surface area contributed by atoms with Crippen LogP contribution in [0.1, 0.15) is 33.5 Å². The summed E-state index contributed by atoms with van der Waals surface area (Å²) in [5.74, 6) is -0.707. The van der Waals surface area contributed by atoms with Crippen LogP contribution in [0.2, 0.25) is 0 Å². The van der Waals surface area contributed by atoms with Gasteiger partial charge in [0.15, 0.2) is 5.69 Å². The molecule has 0 radical (unpaired) electrons. The predicted molar refractivity (Wildman–Crippen MR) is 138 cm³/mol. The summed E-state index contributed by atoms with van der Waals surface area (Å²) in [7, 11) is 0. The lowest BCUT2D eigenvalue weighted by Gasteiger charge is -2.13. The van der Waals surface area contributed by atoms with E-state index >= 15 is 0 Å². The monoisotopic (exact) mass is 553 g/mol. The Morgan fingerprint density at radius 3 is 2.40 bits per heavy atom. The zero-order valence-electron chi connectivity index (χ0n) is 21.2. The van der Waals surface area contributed by atoms with E-state index < -0.39 is 23.6 Å². The van der Waals surface area contributed by atoms with Crippen LogP contribution in [-0.2, 0) is 0 Å². The van der Waals surface area contributed by atoms with Gasteiger partial charge in [0, 0.05) is 36.6 Å². The first-order valence-electron chi connectivity index (χ1n) is 11.8. The quantitative estimate of drug-likeness (QED) is 0.326. The summed E-state index contributed by atoms with van der Waals surface area (Å²) in [5, 5.41) is 9.39. The number of hydrogen-bond acceptors (Lipinski definition) is 7. The maximum absolute atomic E-state index is 13.0. The maximum atomic E-state index is 13.0. The van der Waals surface area contributed by atoms with Crippen molar-refractivity contribution >= 4 is 17.5 Å². The minimum atomic E-state index is -4.91. The molecule has 0 bridgehead atoms. The third-order valence-corrected chi connectivity index (χ3v) is 5.28. The van der Waals surface area contributed by atoms with Crippen molar-refractivity contribution in [3.05, 3.63) is 100 Å². The van der Waals surface area contributed by atoms with Gasteiger partial charge in [-0.3, -0.25) is 19.4 Å². The minimum absolute atomic E-state index is 0.0197. The van der Waals surface area contributed by atoms with Crippen molar-refractivity contribution in [1.29, 1.82) is 0 Å². The number of hydrogen-bond donors (Lipinski definition) is 2. The van der Waals surface area contributed by atoms with E-state index in [1.807, 2.05) is 0 Å². The normalized spacial score (nSPS) is 11.0. The Hall–Kier alpha value is -5.20.